The number of aromatic nitrogens is 2. The standard InChI is InChI=1S/C13H16N4O2/c1-17-7-5-12(16-17)13(18)15-6-8-19-11-4-2-3-10(14)9-11/h2-5,7,9H,6,8,14H2,1H3,(H,15,18). The van der Waals surface area contributed by atoms with E-state index in [4.69, 9.17) is 10.5 Å². The van der Waals surface area contributed by atoms with E-state index in [1.165, 1.54) is 0 Å². The van der Waals surface area contributed by atoms with Crippen molar-refractivity contribution in [1.82, 2.24) is 15.1 Å². The molecule has 6 nitrogen and oxygen atoms in total. The smallest absolute Gasteiger partial charge is 0.271 e. The Labute approximate surface area is 111 Å². The predicted molar refractivity (Wildman–Crippen MR) is 71.9 cm³/mol. The lowest BCUT2D eigenvalue weighted by Gasteiger charge is -2.07. The number of aryl methyl sites for hydroxylation is 1. The van der Waals surface area contributed by atoms with E-state index in [1.54, 1.807) is 36.1 Å². The highest BCUT2D eigenvalue weighted by Gasteiger charge is 2.07. The van der Waals surface area contributed by atoms with Crippen LogP contribution in [-0.2, 0) is 7.05 Å². The molecule has 0 saturated carbocycles. The number of anilines is 1. The van der Waals surface area contributed by atoms with Crippen molar-refractivity contribution in [2.75, 3.05) is 18.9 Å². The molecule has 1 aromatic heterocycles. The Morgan fingerprint density at radius 1 is 1.47 bits per heavy atom. The molecule has 0 aliphatic heterocycles. The summed E-state index contributed by atoms with van der Waals surface area (Å²) in [4.78, 5) is 11.7. The van der Waals surface area contributed by atoms with E-state index in [0.29, 0.717) is 30.3 Å². The van der Waals surface area contributed by atoms with Gasteiger partial charge in [-0.3, -0.25) is 9.48 Å². The summed E-state index contributed by atoms with van der Waals surface area (Å²) < 4.78 is 7.04. The van der Waals surface area contributed by atoms with Crippen LogP contribution in [0.4, 0.5) is 5.69 Å². The first-order chi connectivity index (χ1) is 9.15. The second kappa shape index (κ2) is 5.90. The van der Waals surface area contributed by atoms with E-state index in [2.05, 4.69) is 10.4 Å². The normalized spacial score (nSPS) is 10.2. The summed E-state index contributed by atoms with van der Waals surface area (Å²) in [6.07, 6.45) is 1.72. The maximum Gasteiger partial charge on any atom is 0.271 e. The van der Waals surface area contributed by atoms with Crippen molar-refractivity contribution < 1.29 is 9.53 Å². The first kappa shape index (κ1) is 12.9. The van der Waals surface area contributed by atoms with Crippen LogP contribution in [-0.4, -0.2) is 28.8 Å². The fourth-order valence-electron chi connectivity index (χ4n) is 1.56. The van der Waals surface area contributed by atoms with Gasteiger partial charge in [-0.2, -0.15) is 5.10 Å². The van der Waals surface area contributed by atoms with Gasteiger partial charge in [0.05, 0.1) is 6.54 Å². The Bertz CT molecular complexity index is 565. The molecular weight excluding hydrogens is 244 g/mol. The summed E-state index contributed by atoms with van der Waals surface area (Å²) in [5, 5.41) is 6.73. The molecule has 0 unspecified atom stereocenters. The number of carbonyl (C=O) groups is 1. The summed E-state index contributed by atoms with van der Waals surface area (Å²) in [7, 11) is 1.76. The second-order valence-corrected chi connectivity index (χ2v) is 4.05. The van der Waals surface area contributed by atoms with Gasteiger partial charge in [-0.15, -0.1) is 0 Å². The Morgan fingerprint density at radius 2 is 2.32 bits per heavy atom. The van der Waals surface area contributed by atoms with Crippen LogP contribution >= 0.6 is 0 Å². The topological polar surface area (TPSA) is 82.2 Å². The summed E-state index contributed by atoms with van der Waals surface area (Å²) in [5.41, 5.74) is 6.67. The van der Waals surface area contributed by atoms with Gasteiger partial charge in [0.1, 0.15) is 18.1 Å². The SMILES string of the molecule is Cn1ccc(C(=O)NCCOc2cccc(N)c2)n1. The molecule has 0 bridgehead atoms. The third kappa shape index (κ3) is 3.74. The summed E-state index contributed by atoms with van der Waals surface area (Å²) >= 11 is 0. The van der Waals surface area contributed by atoms with Gasteiger partial charge in [-0.25, -0.2) is 0 Å². The molecular formula is C13H16N4O2. The Hall–Kier alpha value is -2.50. The number of hydrogen-bond donors (Lipinski definition) is 2. The van der Waals surface area contributed by atoms with Crippen LogP contribution in [0, 0.1) is 0 Å². The number of ether oxygens (including phenoxy) is 1. The van der Waals surface area contributed by atoms with Crippen LogP contribution in [0.2, 0.25) is 0 Å². The number of nitrogen functional groups attached to an aromatic ring is 1. The van der Waals surface area contributed by atoms with Gasteiger partial charge < -0.3 is 15.8 Å². The molecule has 0 radical (unpaired) electrons. The van der Waals surface area contributed by atoms with Gasteiger partial charge in [0.2, 0.25) is 0 Å². The number of amides is 1. The molecule has 1 amide bonds. The number of carbonyl (C=O) groups excluding carboxylic acids is 1. The van der Waals surface area contributed by atoms with Gasteiger partial charge in [0.15, 0.2) is 0 Å². The zero-order valence-electron chi connectivity index (χ0n) is 10.7. The van der Waals surface area contributed by atoms with Gasteiger partial charge in [0, 0.05) is 25.0 Å². The van der Waals surface area contributed by atoms with Crippen LogP contribution in [0.3, 0.4) is 0 Å². The van der Waals surface area contributed by atoms with Crippen molar-refractivity contribution in [1.29, 1.82) is 0 Å². The Balaban J connectivity index is 1.74. The van der Waals surface area contributed by atoms with E-state index >= 15 is 0 Å². The van der Waals surface area contributed by atoms with Gasteiger partial charge >= 0.3 is 0 Å². The molecule has 19 heavy (non-hydrogen) atoms. The molecule has 1 aromatic carbocycles. The van der Waals surface area contributed by atoms with Crippen molar-refractivity contribution in [3.05, 3.63) is 42.2 Å². The largest absolute Gasteiger partial charge is 0.492 e. The van der Waals surface area contributed by atoms with Crippen molar-refractivity contribution in [3.8, 4) is 5.75 Å². The maximum atomic E-state index is 11.7. The molecule has 2 aromatic rings. The molecule has 0 atom stereocenters. The number of nitrogens with zero attached hydrogens (tertiary/aromatic N) is 2. The third-order valence-corrected chi connectivity index (χ3v) is 2.46. The van der Waals surface area contributed by atoms with Crippen LogP contribution in [0.5, 0.6) is 5.75 Å². The highest BCUT2D eigenvalue weighted by Crippen LogP contribution is 2.13. The van der Waals surface area contributed by atoms with E-state index < -0.39 is 0 Å². The van der Waals surface area contributed by atoms with Crippen LogP contribution in [0.1, 0.15) is 10.5 Å². The number of benzene rings is 1. The van der Waals surface area contributed by atoms with Gasteiger partial charge in [-0.05, 0) is 18.2 Å². The van der Waals surface area contributed by atoms with Crippen LogP contribution in [0.25, 0.3) is 0 Å². The van der Waals surface area contributed by atoms with E-state index in [9.17, 15) is 4.79 Å². The molecule has 0 saturated heterocycles. The molecule has 3 N–H and O–H groups in total. The number of rotatable bonds is 5. The monoisotopic (exact) mass is 260 g/mol. The molecule has 0 fully saturated rings. The minimum absolute atomic E-state index is 0.211. The molecule has 0 aliphatic rings. The quantitative estimate of drug-likeness (QED) is 0.615. The first-order valence-corrected chi connectivity index (χ1v) is 5.91. The highest BCUT2D eigenvalue weighted by atomic mass is 16.5. The minimum Gasteiger partial charge on any atom is -0.492 e. The average Bonchev–Trinajstić information content (AvgIpc) is 2.81. The van der Waals surface area contributed by atoms with Crippen LogP contribution < -0.4 is 15.8 Å². The van der Waals surface area contributed by atoms with Gasteiger partial charge in [-0.1, -0.05) is 6.07 Å². The fraction of sp³-hybridized carbons (Fsp3) is 0.231. The lowest BCUT2D eigenvalue weighted by atomic mass is 10.3. The first-order valence-electron chi connectivity index (χ1n) is 5.91. The predicted octanol–water partition coefficient (Wildman–Crippen LogP) is 0.811. The minimum atomic E-state index is -0.211. The molecule has 100 valence electrons. The summed E-state index contributed by atoms with van der Waals surface area (Å²) in [5.74, 6) is 0.476. The van der Waals surface area contributed by atoms with Crippen molar-refractivity contribution in [3.63, 3.8) is 0 Å². The fourth-order valence-corrected chi connectivity index (χ4v) is 1.56. The Kier molecular flexibility index (Phi) is 4.02. The van der Waals surface area contributed by atoms with Crippen LogP contribution in [0.15, 0.2) is 36.5 Å². The summed E-state index contributed by atoms with van der Waals surface area (Å²) in [6.45, 7) is 0.784. The molecule has 0 aliphatic carbocycles. The number of nitrogens with two attached hydrogens (primary N) is 1. The lowest BCUT2D eigenvalue weighted by molar-refractivity contribution is 0.0941. The molecule has 1 heterocycles. The summed E-state index contributed by atoms with van der Waals surface area (Å²) in [6, 6.07) is 8.82. The lowest BCUT2D eigenvalue weighted by Crippen LogP contribution is -2.28. The molecule has 2 rings (SSSR count). The molecule has 0 spiro atoms. The third-order valence-electron chi connectivity index (χ3n) is 2.46. The van der Waals surface area contributed by atoms with Crippen molar-refractivity contribution in [2.45, 2.75) is 0 Å². The average molecular weight is 260 g/mol. The number of hydrogen-bond acceptors (Lipinski definition) is 4. The van der Waals surface area contributed by atoms with Crippen molar-refractivity contribution >= 4 is 11.6 Å². The van der Waals surface area contributed by atoms with E-state index in [0.717, 1.165) is 0 Å². The molecule has 6 heteroatoms. The van der Waals surface area contributed by atoms with E-state index in [-0.39, 0.29) is 5.91 Å². The van der Waals surface area contributed by atoms with Gasteiger partial charge in [0.25, 0.3) is 5.91 Å². The van der Waals surface area contributed by atoms with Crippen molar-refractivity contribution in [2.24, 2.45) is 7.05 Å². The highest BCUT2D eigenvalue weighted by molar-refractivity contribution is 5.92. The van der Waals surface area contributed by atoms with E-state index in [1.807, 2.05) is 12.1 Å². The number of nitrogens with one attached hydrogen (secondary N) is 1. The Morgan fingerprint density at radius 3 is 3.00 bits per heavy atom. The zero-order valence-corrected chi connectivity index (χ0v) is 10.7. The zero-order chi connectivity index (χ0) is 13.7. The maximum absolute atomic E-state index is 11.7. The second-order valence-electron chi connectivity index (χ2n) is 4.05.